The Morgan fingerprint density at radius 1 is 1.25 bits per heavy atom. The van der Waals surface area contributed by atoms with E-state index in [0.29, 0.717) is 30.8 Å². The molecule has 8 nitrogen and oxygen atoms in total. The smallest absolute Gasteiger partial charge is 0.315 e. The molecule has 8 heteroatoms. The first kappa shape index (κ1) is 14.6. The van der Waals surface area contributed by atoms with Gasteiger partial charge in [-0.15, -0.1) is 5.10 Å². The van der Waals surface area contributed by atoms with Crippen molar-refractivity contribution in [3.05, 3.63) is 47.6 Å². The molecule has 0 bridgehead atoms. The second-order valence-electron chi connectivity index (χ2n) is 5.54. The van der Waals surface area contributed by atoms with Crippen LogP contribution in [0.15, 0.2) is 34.9 Å². The van der Waals surface area contributed by atoms with Gasteiger partial charge in [0.2, 0.25) is 6.10 Å². The molecule has 0 saturated heterocycles. The van der Waals surface area contributed by atoms with Crippen molar-refractivity contribution in [1.29, 1.82) is 0 Å². The van der Waals surface area contributed by atoms with E-state index in [4.69, 9.17) is 13.9 Å². The maximum absolute atomic E-state index is 5.85. The van der Waals surface area contributed by atoms with Crippen LogP contribution in [0.1, 0.15) is 23.3 Å². The topological polar surface area (TPSA) is 87.2 Å². The lowest BCUT2D eigenvalue weighted by molar-refractivity contribution is 0.0717. The maximum Gasteiger partial charge on any atom is 0.315 e. The van der Waals surface area contributed by atoms with Crippen molar-refractivity contribution < 1.29 is 13.9 Å². The standard InChI is InChI=1S/C16H17N5O3/c1-10-11(8-18-21(10)2)7-17-16-20-19-15(24-16)14-9-22-12-5-3-4-6-13(12)23-14/h3-6,8,14H,7,9H2,1-2H3,(H,17,20)/t14-/m1/s1. The van der Waals surface area contributed by atoms with E-state index in [1.165, 1.54) is 0 Å². The van der Waals surface area contributed by atoms with Gasteiger partial charge in [0.1, 0.15) is 6.61 Å². The fraction of sp³-hybridized carbons (Fsp3) is 0.312. The van der Waals surface area contributed by atoms with Crippen LogP contribution in [0.25, 0.3) is 0 Å². The van der Waals surface area contributed by atoms with Crippen LogP contribution in [0.5, 0.6) is 11.5 Å². The molecule has 124 valence electrons. The zero-order valence-electron chi connectivity index (χ0n) is 13.4. The van der Waals surface area contributed by atoms with Crippen LogP contribution in [0, 0.1) is 6.92 Å². The highest BCUT2D eigenvalue weighted by atomic mass is 16.6. The second kappa shape index (κ2) is 5.88. The van der Waals surface area contributed by atoms with Crippen molar-refractivity contribution in [2.24, 2.45) is 7.05 Å². The minimum Gasteiger partial charge on any atom is -0.485 e. The highest BCUT2D eigenvalue weighted by Gasteiger charge is 2.27. The van der Waals surface area contributed by atoms with Crippen LogP contribution in [0.4, 0.5) is 6.01 Å². The summed E-state index contributed by atoms with van der Waals surface area (Å²) in [5.41, 5.74) is 2.16. The van der Waals surface area contributed by atoms with E-state index >= 15 is 0 Å². The summed E-state index contributed by atoms with van der Waals surface area (Å²) in [5.74, 6) is 1.78. The molecule has 24 heavy (non-hydrogen) atoms. The molecule has 0 amide bonds. The lowest BCUT2D eigenvalue weighted by atomic mass is 10.2. The molecule has 0 unspecified atom stereocenters. The molecule has 3 heterocycles. The van der Waals surface area contributed by atoms with Gasteiger partial charge in [-0.25, -0.2) is 0 Å². The SMILES string of the molecule is Cc1c(CNc2nnc([C@H]3COc4ccccc4O3)o2)cnn1C. The zero-order valence-corrected chi connectivity index (χ0v) is 13.4. The molecule has 0 spiro atoms. The molecule has 1 aromatic carbocycles. The van der Waals surface area contributed by atoms with Crippen LogP contribution in [-0.4, -0.2) is 26.6 Å². The Kier molecular flexibility index (Phi) is 3.56. The molecule has 3 aromatic rings. The van der Waals surface area contributed by atoms with Gasteiger partial charge in [-0.3, -0.25) is 4.68 Å². The highest BCUT2D eigenvalue weighted by Crippen LogP contribution is 2.35. The lowest BCUT2D eigenvalue weighted by Gasteiger charge is -2.23. The number of fused-ring (bicyclic) bond motifs is 1. The molecule has 1 atom stereocenters. The number of nitrogens with zero attached hydrogens (tertiary/aromatic N) is 4. The van der Waals surface area contributed by atoms with E-state index in [0.717, 1.165) is 17.0 Å². The average Bonchev–Trinajstić information content (AvgIpc) is 3.21. The van der Waals surface area contributed by atoms with Crippen molar-refractivity contribution in [3.8, 4) is 11.5 Å². The Morgan fingerprint density at radius 2 is 2.08 bits per heavy atom. The van der Waals surface area contributed by atoms with E-state index in [-0.39, 0.29) is 0 Å². The number of aromatic nitrogens is 4. The summed E-state index contributed by atoms with van der Waals surface area (Å²) in [6.07, 6.45) is 1.40. The fourth-order valence-corrected chi connectivity index (χ4v) is 2.47. The molecule has 1 aliphatic heterocycles. The van der Waals surface area contributed by atoms with Gasteiger partial charge in [0.25, 0.3) is 5.89 Å². The first-order valence-corrected chi connectivity index (χ1v) is 7.64. The molecule has 0 radical (unpaired) electrons. The van der Waals surface area contributed by atoms with Gasteiger partial charge in [-0.2, -0.15) is 5.10 Å². The van der Waals surface area contributed by atoms with Gasteiger partial charge in [-0.1, -0.05) is 17.2 Å². The van der Waals surface area contributed by atoms with Crippen LogP contribution in [-0.2, 0) is 13.6 Å². The number of aryl methyl sites for hydroxylation is 1. The number of hydrogen-bond donors (Lipinski definition) is 1. The largest absolute Gasteiger partial charge is 0.485 e. The van der Waals surface area contributed by atoms with E-state index in [9.17, 15) is 0 Å². The Morgan fingerprint density at radius 3 is 2.88 bits per heavy atom. The number of anilines is 1. The number of ether oxygens (including phenoxy) is 2. The van der Waals surface area contributed by atoms with Gasteiger partial charge >= 0.3 is 6.01 Å². The maximum atomic E-state index is 5.85. The third-order valence-corrected chi connectivity index (χ3v) is 3.99. The first-order chi connectivity index (χ1) is 11.7. The van der Waals surface area contributed by atoms with E-state index in [2.05, 4.69) is 20.6 Å². The van der Waals surface area contributed by atoms with Crippen molar-refractivity contribution in [2.45, 2.75) is 19.6 Å². The fourth-order valence-electron chi connectivity index (χ4n) is 2.47. The number of nitrogens with one attached hydrogen (secondary N) is 1. The number of para-hydroxylation sites is 2. The Labute approximate surface area is 138 Å². The quantitative estimate of drug-likeness (QED) is 0.786. The summed E-state index contributed by atoms with van der Waals surface area (Å²) in [4.78, 5) is 0. The van der Waals surface area contributed by atoms with Crippen LogP contribution in [0.3, 0.4) is 0 Å². The Bertz CT molecular complexity index is 857. The summed E-state index contributed by atoms with van der Waals surface area (Å²) in [6, 6.07) is 7.85. The first-order valence-electron chi connectivity index (χ1n) is 7.64. The minimum atomic E-state index is -0.414. The third-order valence-electron chi connectivity index (χ3n) is 3.99. The molecule has 4 rings (SSSR count). The predicted octanol–water partition coefficient (Wildman–Crippen LogP) is 2.24. The van der Waals surface area contributed by atoms with Crippen LogP contribution >= 0.6 is 0 Å². The van der Waals surface area contributed by atoms with Gasteiger partial charge in [0.15, 0.2) is 11.5 Å². The monoisotopic (exact) mass is 327 g/mol. The number of rotatable bonds is 4. The normalized spacial score (nSPS) is 16.2. The molecular formula is C16H17N5O3. The van der Waals surface area contributed by atoms with Crippen molar-refractivity contribution in [2.75, 3.05) is 11.9 Å². The van der Waals surface area contributed by atoms with Gasteiger partial charge in [-0.05, 0) is 19.1 Å². The summed E-state index contributed by atoms with van der Waals surface area (Å²) >= 11 is 0. The Hall–Kier alpha value is -3.03. The molecular weight excluding hydrogens is 310 g/mol. The van der Waals surface area contributed by atoms with E-state index in [1.54, 1.807) is 0 Å². The second-order valence-corrected chi connectivity index (χ2v) is 5.54. The lowest BCUT2D eigenvalue weighted by Crippen LogP contribution is -2.21. The third kappa shape index (κ3) is 2.66. The van der Waals surface area contributed by atoms with Crippen LogP contribution in [0.2, 0.25) is 0 Å². The summed E-state index contributed by atoms with van der Waals surface area (Å²) < 4.78 is 19.0. The highest BCUT2D eigenvalue weighted by molar-refractivity contribution is 5.41. The number of benzene rings is 1. The van der Waals surface area contributed by atoms with Gasteiger partial charge < -0.3 is 19.2 Å². The summed E-state index contributed by atoms with van der Waals surface area (Å²) in [6.45, 7) is 2.90. The zero-order chi connectivity index (χ0) is 16.5. The molecule has 1 N–H and O–H groups in total. The van der Waals surface area contributed by atoms with Crippen molar-refractivity contribution >= 4 is 6.01 Å². The van der Waals surface area contributed by atoms with Crippen molar-refractivity contribution in [1.82, 2.24) is 20.0 Å². The number of hydrogen-bond acceptors (Lipinski definition) is 7. The van der Waals surface area contributed by atoms with Gasteiger partial charge in [0, 0.05) is 24.8 Å². The molecule has 0 saturated carbocycles. The average molecular weight is 327 g/mol. The van der Waals surface area contributed by atoms with E-state index in [1.807, 2.05) is 49.1 Å². The summed E-state index contributed by atoms with van der Waals surface area (Å²) in [7, 11) is 1.90. The van der Waals surface area contributed by atoms with Crippen molar-refractivity contribution in [3.63, 3.8) is 0 Å². The molecule has 0 fully saturated rings. The minimum absolute atomic E-state index is 0.334. The summed E-state index contributed by atoms with van der Waals surface area (Å²) in [5, 5.41) is 15.4. The predicted molar refractivity (Wildman–Crippen MR) is 84.9 cm³/mol. The van der Waals surface area contributed by atoms with Gasteiger partial charge in [0.05, 0.1) is 6.20 Å². The Balaban J connectivity index is 1.43. The molecule has 0 aliphatic carbocycles. The van der Waals surface area contributed by atoms with Crippen LogP contribution < -0.4 is 14.8 Å². The molecule has 1 aliphatic rings. The van der Waals surface area contributed by atoms with E-state index < -0.39 is 6.10 Å². The molecule has 2 aromatic heterocycles.